The maximum Gasteiger partial charge on any atom is 0.295 e. The van der Waals surface area contributed by atoms with Crippen molar-refractivity contribution in [2.45, 2.75) is 6.43 Å². The lowest BCUT2D eigenvalue weighted by atomic mass is 10.1. The number of nitrogens with zero attached hydrogens (tertiary/aromatic N) is 6. The van der Waals surface area contributed by atoms with Gasteiger partial charge in [0, 0.05) is 13.1 Å². The minimum absolute atomic E-state index is 0.00857. The first-order valence-corrected chi connectivity index (χ1v) is 12.9. The van der Waals surface area contributed by atoms with Gasteiger partial charge in [-0.3, -0.25) is 9.02 Å². The van der Waals surface area contributed by atoms with Crippen LogP contribution in [0.1, 0.15) is 12.2 Å². The number of aryl methyl sites for hydroxylation is 1. The third-order valence-electron chi connectivity index (χ3n) is 4.22. The van der Waals surface area contributed by atoms with Crippen LogP contribution in [0.5, 0.6) is 5.75 Å². The van der Waals surface area contributed by atoms with E-state index in [1.54, 1.807) is 24.1 Å². The molecule has 0 fully saturated rings. The molecule has 8 nitrogen and oxygen atoms in total. The summed E-state index contributed by atoms with van der Waals surface area (Å²) in [6, 6.07) is 6.97. The fourth-order valence-corrected chi connectivity index (χ4v) is 5.08. The first-order valence-electron chi connectivity index (χ1n) is 8.46. The molecule has 0 radical (unpaired) electrons. The topological polar surface area (TPSA) is 82.7 Å². The molecule has 1 aromatic carbocycles. The monoisotopic (exact) mass is 563 g/mol. The minimum Gasteiger partial charge on any atom is -0.494 e. The van der Waals surface area contributed by atoms with Gasteiger partial charge in [-0.05, 0) is 34.2 Å². The Morgan fingerprint density at radius 2 is 2.07 bits per heavy atom. The van der Waals surface area contributed by atoms with Gasteiger partial charge in [-0.2, -0.15) is 5.10 Å². The van der Waals surface area contributed by atoms with Gasteiger partial charge in [-0.15, -0.1) is 0 Å². The fourth-order valence-electron chi connectivity index (χ4n) is 3.00. The van der Waals surface area contributed by atoms with Crippen LogP contribution in [0.2, 0.25) is 5.15 Å². The van der Waals surface area contributed by atoms with E-state index in [2.05, 4.69) is 25.4 Å². The molecule has 4 aromatic rings. The molecule has 0 aliphatic carbocycles. The molecule has 4 rings (SSSR count). The summed E-state index contributed by atoms with van der Waals surface area (Å²) in [7, 11) is 3.30. The smallest absolute Gasteiger partial charge is 0.295 e. The van der Waals surface area contributed by atoms with Crippen molar-refractivity contribution in [1.82, 2.24) is 29.1 Å². The molecule has 0 saturated heterocycles. The van der Waals surface area contributed by atoms with Crippen LogP contribution in [0.4, 0.5) is 20.2 Å². The Balaban J connectivity index is 1.85. The first-order chi connectivity index (χ1) is 14.4. The molecule has 13 heteroatoms. The van der Waals surface area contributed by atoms with Crippen molar-refractivity contribution in [3.8, 4) is 17.1 Å². The second-order valence-electron chi connectivity index (χ2n) is 6.11. The molecule has 1 unspecified atom stereocenters. The Morgan fingerprint density at radius 1 is 1.27 bits per heavy atom. The van der Waals surface area contributed by atoms with Crippen LogP contribution in [0, 0.1) is 0 Å². The van der Waals surface area contributed by atoms with Crippen LogP contribution in [0.15, 0.2) is 30.6 Å². The molecule has 1 atom stereocenters. The number of fused-ring (bicyclic) bond motifs is 1. The third-order valence-corrected chi connectivity index (χ3v) is 6.47. The lowest BCUT2D eigenvalue weighted by Crippen LogP contribution is -1.99. The van der Waals surface area contributed by atoms with Crippen LogP contribution in [0.25, 0.3) is 22.6 Å². The van der Waals surface area contributed by atoms with E-state index in [1.807, 2.05) is 34.2 Å². The Hall–Kier alpha value is -2.11. The maximum absolute atomic E-state index is 13.5. The summed E-state index contributed by atoms with van der Waals surface area (Å²) < 4.78 is 35.5. The zero-order chi connectivity index (χ0) is 21.4. The van der Waals surface area contributed by atoms with Gasteiger partial charge in [0.25, 0.3) is 6.43 Å². The SMILES string of the molecule is COc1c(Nc2cc(Cl)nc3c2nc(C(F)F)n3PI)cccc1-c1ncn(C)n1. The Morgan fingerprint density at radius 3 is 2.70 bits per heavy atom. The molecule has 0 aliphatic heterocycles. The predicted molar refractivity (Wildman–Crippen MR) is 122 cm³/mol. The molecule has 30 heavy (non-hydrogen) atoms. The van der Waals surface area contributed by atoms with Gasteiger partial charge in [0.2, 0.25) is 0 Å². The quantitative estimate of drug-likeness (QED) is 0.193. The van der Waals surface area contributed by atoms with Crippen molar-refractivity contribution in [3.05, 3.63) is 41.6 Å². The van der Waals surface area contributed by atoms with Crippen LogP contribution >= 0.6 is 40.0 Å². The molecule has 3 heterocycles. The van der Waals surface area contributed by atoms with Crippen molar-refractivity contribution >= 4 is 62.6 Å². The lowest BCUT2D eigenvalue weighted by molar-refractivity contribution is 0.140. The molecule has 0 bridgehead atoms. The summed E-state index contributed by atoms with van der Waals surface area (Å²) in [5, 5.41) is 7.67. The lowest BCUT2D eigenvalue weighted by Gasteiger charge is -2.14. The summed E-state index contributed by atoms with van der Waals surface area (Å²) in [5.74, 6) is 0.634. The van der Waals surface area contributed by atoms with Crippen LogP contribution in [0.3, 0.4) is 0 Å². The number of alkyl halides is 2. The van der Waals surface area contributed by atoms with Crippen LogP contribution in [-0.2, 0) is 7.05 Å². The van der Waals surface area contributed by atoms with Crippen molar-refractivity contribution in [1.29, 1.82) is 0 Å². The summed E-state index contributed by atoms with van der Waals surface area (Å²) >= 11 is 8.18. The van der Waals surface area contributed by atoms with E-state index in [9.17, 15) is 8.78 Å². The van der Waals surface area contributed by atoms with Gasteiger partial charge >= 0.3 is 0 Å². The van der Waals surface area contributed by atoms with Gasteiger partial charge in [0.1, 0.15) is 17.0 Å². The summed E-state index contributed by atoms with van der Waals surface area (Å²) in [6.07, 6.45) is -1.16. The van der Waals surface area contributed by atoms with E-state index in [1.165, 1.54) is 17.5 Å². The molecule has 156 valence electrons. The number of nitrogens with one attached hydrogen (secondary N) is 1. The van der Waals surface area contributed by atoms with E-state index in [0.717, 1.165) is 0 Å². The van der Waals surface area contributed by atoms with Crippen molar-refractivity contribution in [2.24, 2.45) is 7.05 Å². The standard InChI is InChI=1S/C17H14ClF2IN7OP/c1-27-7-22-15(26-27)8-4-3-5-9(13(8)29-2)23-10-6-11(18)24-16-12(10)25-17(14(19)20)28(16)30-21/h3-7,14,30H,1-2H3,(H,23,24). The van der Waals surface area contributed by atoms with E-state index in [-0.39, 0.29) is 23.0 Å². The largest absolute Gasteiger partial charge is 0.494 e. The average molecular weight is 564 g/mol. The number of hydrogen-bond acceptors (Lipinski definition) is 6. The highest BCUT2D eigenvalue weighted by molar-refractivity contribution is 14.2. The van der Waals surface area contributed by atoms with E-state index in [0.29, 0.717) is 34.0 Å². The molecule has 0 aliphatic rings. The van der Waals surface area contributed by atoms with Crippen LogP contribution < -0.4 is 10.1 Å². The highest BCUT2D eigenvalue weighted by Gasteiger charge is 2.23. The number of imidazole rings is 1. The Labute approximate surface area is 189 Å². The fraction of sp³-hybridized carbons (Fsp3) is 0.176. The number of rotatable bonds is 6. The third kappa shape index (κ3) is 3.81. The second-order valence-corrected chi connectivity index (χ2v) is 8.56. The number of aromatic nitrogens is 6. The molecule has 0 amide bonds. The number of pyridine rings is 1. The number of hydrogen-bond donors (Lipinski definition) is 1. The van der Waals surface area contributed by atoms with Gasteiger partial charge in [-0.1, -0.05) is 17.7 Å². The summed E-state index contributed by atoms with van der Waals surface area (Å²) in [4.78, 5) is 12.6. The van der Waals surface area contributed by atoms with Gasteiger partial charge in [0.15, 0.2) is 23.0 Å². The van der Waals surface area contributed by atoms with Gasteiger partial charge in [-0.25, -0.2) is 23.7 Å². The number of halogens is 4. The number of ether oxygens (including phenoxy) is 1. The zero-order valence-corrected chi connectivity index (χ0v) is 19.5. The van der Waals surface area contributed by atoms with Crippen molar-refractivity contribution < 1.29 is 13.5 Å². The molecule has 0 spiro atoms. The Kier molecular flexibility index (Phi) is 6.03. The zero-order valence-electron chi connectivity index (χ0n) is 15.6. The molecule has 3 aromatic heterocycles. The number of para-hydroxylation sites is 1. The normalized spacial score (nSPS) is 11.8. The second kappa shape index (κ2) is 8.56. The number of anilines is 2. The van der Waals surface area contributed by atoms with Crippen molar-refractivity contribution in [3.63, 3.8) is 0 Å². The minimum atomic E-state index is -2.74. The van der Waals surface area contributed by atoms with Crippen LogP contribution in [-0.4, -0.2) is 36.2 Å². The van der Waals surface area contributed by atoms with Gasteiger partial charge < -0.3 is 10.1 Å². The highest BCUT2D eigenvalue weighted by Crippen LogP contribution is 2.40. The van der Waals surface area contributed by atoms with Crippen molar-refractivity contribution in [2.75, 3.05) is 12.4 Å². The molecular weight excluding hydrogens is 550 g/mol. The molecule has 0 saturated carbocycles. The van der Waals surface area contributed by atoms with E-state index >= 15 is 0 Å². The number of methoxy groups -OCH3 is 1. The summed E-state index contributed by atoms with van der Waals surface area (Å²) in [5.41, 5.74) is 2.27. The average Bonchev–Trinajstić information content (AvgIpc) is 3.31. The maximum atomic E-state index is 13.5. The predicted octanol–water partition coefficient (Wildman–Crippen LogP) is 5.36. The highest BCUT2D eigenvalue weighted by atomic mass is 127. The molecule has 1 N–H and O–H groups in total. The molecular formula is C17H14ClF2IN7OP. The first kappa shape index (κ1) is 21.1. The number of benzene rings is 1. The van der Waals surface area contributed by atoms with E-state index in [4.69, 9.17) is 16.3 Å². The van der Waals surface area contributed by atoms with E-state index < -0.39 is 6.43 Å². The Bertz CT molecular complexity index is 1230. The van der Waals surface area contributed by atoms with Gasteiger partial charge in [0.05, 0.1) is 30.4 Å². The summed E-state index contributed by atoms with van der Waals surface area (Å²) in [6.45, 7) is 0.